The molecular weight excluding hydrogens is 244 g/mol. The van der Waals surface area contributed by atoms with E-state index < -0.39 is 5.54 Å². The van der Waals surface area contributed by atoms with Gasteiger partial charge in [0.25, 0.3) is 5.54 Å². The van der Waals surface area contributed by atoms with Gasteiger partial charge in [-0.25, -0.2) is 6.57 Å². The van der Waals surface area contributed by atoms with Crippen LogP contribution in [0.5, 0.6) is 0 Å². The fourth-order valence-corrected chi connectivity index (χ4v) is 1.80. The van der Waals surface area contributed by atoms with Gasteiger partial charge < -0.3 is 4.85 Å². The molecule has 0 saturated heterocycles. The van der Waals surface area contributed by atoms with Gasteiger partial charge in [0, 0.05) is 10.7 Å². The number of nitrogens with zero attached hydrogens (tertiary/aromatic N) is 2. The van der Waals surface area contributed by atoms with Gasteiger partial charge in [-0.1, -0.05) is 0 Å². The monoisotopic (exact) mass is 250 g/mol. The van der Waals surface area contributed by atoms with Crippen molar-refractivity contribution in [3.05, 3.63) is 39.9 Å². The molecule has 1 heterocycles. The molecule has 1 saturated carbocycles. The topological polar surface area (TPSA) is 34.3 Å². The Bertz CT molecular complexity index is 411. The van der Waals surface area contributed by atoms with Crippen molar-refractivity contribution in [1.29, 1.82) is 0 Å². The molecule has 0 amide bonds. The van der Waals surface area contributed by atoms with Crippen LogP contribution in [0.2, 0.25) is 0 Å². The van der Waals surface area contributed by atoms with Crippen LogP contribution >= 0.6 is 15.9 Å². The minimum atomic E-state index is -0.669. The van der Waals surface area contributed by atoms with E-state index in [9.17, 15) is 4.79 Å². The molecule has 14 heavy (non-hydrogen) atoms. The van der Waals surface area contributed by atoms with E-state index in [1.807, 2.05) is 6.07 Å². The summed E-state index contributed by atoms with van der Waals surface area (Å²) >= 11 is 3.28. The van der Waals surface area contributed by atoms with Crippen molar-refractivity contribution < 1.29 is 4.79 Å². The highest BCUT2D eigenvalue weighted by atomic mass is 79.9. The molecule has 4 heteroatoms. The molecule has 70 valence electrons. The van der Waals surface area contributed by atoms with Crippen molar-refractivity contribution in [1.82, 2.24) is 4.98 Å². The molecular formula is C10H7BrN2O. The van der Waals surface area contributed by atoms with Gasteiger partial charge >= 0.3 is 0 Å². The summed E-state index contributed by atoms with van der Waals surface area (Å²) < 4.78 is 0.882. The van der Waals surface area contributed by atoms with Crippen molar-refractivity contribution >= 4 is 21.7 Å². The second-order valence-corrected chi connectivity index (χ2v) is 4.31. The summed E-state index contributed by atoms with van der Waals surface area (Å²) in [6, 6.07) is 3.65. The van der Waals surface area contributed by atoms with Gasteiger partial charge in [0.2, 0.25) is 0 Å². The smallest absolute Gasteiger partial charge is 0.287 e. The molecule has 1 aromatic rings. The number of ketones is 1. The number of hydrogen-bond donors (Lipinski definition) is 0. The molecule has 0 bridgehead atoms. The maximum absolute atomic E-state index is 10.9. The highest BCUT2D eigenvalue weighted by Crippen LogP contribution is 2.41. The van der Waals surface area contributed by atoms with Crippen LogP contribution in [0, 0.1) is 6.57 Å². The van der Waals surface area contributed by atoms with Crippen molar-refractivity contribution in [2.45, 2.75) is 18.4 Å². The number of carbonyl (C=O) groups excluding carboxylic acids is 1. The summed E-state index contributed by atoms with van der Waals surface area (Å²) in [5, 5.41) is 0. The number of rotatable bonds is 1. The molecule has 1 aliphatic rings. The Kier molecular flexibility index (Phi) is 2.12. The fourth-order valence-electron chi connectivity index (χ4n) is 1.57. The molecule has 1 fully saturated rings. The third-order valence-corrected chi connectivity index (χ3v) is 2.87. The van der Waals surface area contributed by atoms with Gasteiger partial charge in [-0.05, 0) is 28.1 Å². The Balaban J connectivity index is 2.35. The zero-order valence-electron chi connectivity index (χ0n) is 7.33. The lowest BCUT2D eigenvalue weighted by molar-refractivity contribution is -0.127. The van der Waals surface area contributed by atoms with Crippen molar-refractivity contribution in [2.24, 2.45) is 0 Å². The zero-order chi connectivity index (χ0) is 10.2. The molecule has 0 unspecified atom stereocenters. The Hall–Kier alpha value is -1.21. The highest BCUT2D eigenvalue weighted by Gasteiger charge is 2.53. The minimum absolute atomic E-state index is 0.144. The van der Waals surface area contributed by atoms with Crippen LogP contribution in [0.3, 0.4) is 0 Å². The normalized spacial score (nSPS) is 18.4. The Morgan fingerprint density at radius 3 is 2.64 bits per heavy atom. The maximum Gasteiger partial charge on any atom is 0.287 e. The Labute approximate surface area is 90.1 Å². The molecule has 1 aromatic heterocycles. The van der Waals surface area contributed by atoms with E-state index in [1.165, 1.54) is 0 Å². The number of carbonyl (C=O) groups is 1. The lowest BCUT2D eigenvalue weighted by Crippen LogP contribution is -2.39. The SMILES string of the molecule is [C-]#[N+]C1(c2ccc(Br)cn2)CC(=O)C1. The van der Waals surface area contributed by atoms with E-state index in [-0.39, 0.29) is 5.78 Å². The van der Waals surface area contributed by atoms with E-state index in [1.54, 1.807) is 12.3 Å². The average molecular weight is 251 g/mol. The number of halogens is 1. The fraction of sp³-hybridized carbons (Fsp3) is 0.300. The average Bonchev–Trinajstić information content (AvgIpc) is 2.14. The molecule has 0 aliphatic heterocycles. The third-order valence-electron chi connectivity index (χ3n) is 2.40. The largest absolute Gasteiger partial charge is 0.302 e. The first-order chi connectivity index (χ1) is 6.66. The van der Waals surface area contributed by atoms with Gasteiger partial charge in [0.05, 0.1) is 12.8 Å². The summed E-state index contributed by atoms with van der Waals surface area (Å²) in [7, 11) is 0. The molecule has 0 atom stereocenters. The maximum atomic E-state index is 10.9. The van der Waals surface area contributed by atoms with E-state index in [0.29, 0.717) is 18.5 Å². The van der Waals surface area contributed by atoms with Crippen molar-refractivity contribution in [2.75, 3.05) is 0 Å². The first-order valence-electron chi connectivity index (χ1n) is 4.19. The molecule has 0 aromatic carbocycles. The van der Waals surface area contributed by atoms with Crippen LogP contribution in [-0.2, 0) is 10.3 Å². The van der Waals surface area contributed by atoms with Crippen LogP contribution in [0.15, 0.2) is 22.8 Å². The van der Waals surface area contributed by atoms with E-state index in [4.69, 9.17) is 6.57 Å². The number of Topliss-reactive ketones (excluding diaryl/α,β-unsaturated/α-hetero) is 1. The zero-order valence-corrected chi connectivity index (χ0v) is 8.91. The van der Waals surface area contributed by atoms with E-state index in [0.717, 1.165) is 4.47 Å². The van der Waals surface area contributed by atoms with Gasteiger partial charge in [-0.2, -0.15) is 0 Å². The first-order valence-corrected chi connectivity index (χ1v) is 4.98. The van der Waals surface area contributed by atoms with Crippen LogP contribution in [0.4, 0.5) is 0 Å². The predicted octanol–water partition coefficient (Wildman–Crippen LogP) is 2.32. The van der Waals surface area contributed by atoms with E-state index >= 15 is 0 Å². The molecule has 0 N–H and O–H groups in total. The predicted molar refractivity (Wildman–Crippen MR) is 54.5 cm³/mol. The Morgan fingerprint density at radius 2 is 2.21 bits per heavy atom. The molecule has 2 rings (SSSR count). The van der Waals surface area contributed by atoms with Gasteiger partial charge in [-0.15, -0.1) is 0 Å². The molecule has 0 spiro atoms. The van der Waals surface area contributed by atoms with E-state index in [2.05, 4.69) is 25.8 Å². The first kappa shape index (κ1) is 9.35. The van der Waals surface area contributed by atoms with Crippen LogP contribution in [0.25, 0.3) is 4.85 Å². The highest BCUT2D eigenvalue weighted by molar-refractivity contribution is 9.10. The lowest BCUT2D eigenvalue weighted by atomic mass is 9.74. The van der Waals surface area contributed by atoms with Crippen LogP contribution < -0.4 is 0 Å². The van der Waals surface area contributed by atoms with Gasteiger partial charge in [-0.3, -0.25) is 9.78 Å². The van der Waals surface area contributed by atoms with Crippen LogP contribution in [0.1, 0.15) is 18.5 Å². The molecule has 1 aliphatic carbocycles. The minimum Gasteiger partial charge on any atom is -0.302 e. The molecule has 3 nitrogen and oxygen atoms in total. The van der Waals surface area contributed by atoms with Crippen molar-refractivity contribution in [3.63, 3.8) is 0 Å². The van der Waals surface area contributed by atoms with Crippen LogP contribution in [-0.4, -0.2) is 10.8 Å². The number of hydrogen-bond acceptors (Lipinski definition) is 2. The number of pyridine rings is 1. The van der Waals surface area contributed by atoms with Gasteiger partial charge in [0.1, 0.15) is 11.5 Å². The summed E-state index contributed by atoms with van der Waals surface area (Å²) in [5.74, 6) is 0.144. The third kappa shape index (κ3) is 1.34. The van der Waals surface area contributed by atoms with Gasteiger partial charge in [0.15, 0.2) is 0 Å². The summed E-state index contributed by atoms with van der Waals surface area (Å²) in [6.45, 7) is 7.11. The second kappa shape index (κ2) is 3.18. The summed E-state index contributed by atoms with van der Waals surface area (Å²) in [4.78, 5) is 18.6. The summed E-state index contributed by atoms with van der Waals surface area (Å²) in [5.41, 5.74) is 0.0351. The molecule has 0 radical (unpaired) electrons. The lowest BCUT2D eigenvalue weighted by Gasteiger charge is -2.27. The summed E-state index contributed by atoms with van der Waals surface area (Å²) in [6.07, 6.45) is 2.28. The number of aromatic nitrogens is 1. The Morgan fingerprint density at radius 1 is 1.50 bits per heavy atom. The second-order valence-electron chi connectivity index (χ2n) is 3.40. The standard InChI is InChI=1S/C10H7BrN2O/c1-12-10(4-8(14)5-10)9-3-2-7(11)6-13-9/h2-3,6H,4-5H2. The quantitative estimate of drug-likeness (QED) is 0.718. The van der Waals surface area contributed by atoms with Crippen molar-refractivity contribution in [3.8, 4) is 0 Å².